The SMILES string of the molecule is COc1ccc(CN(C)[C@H]2C[C@H]3CNC(=O)C[C@H]3C2)c(Cl)c1OC. The molecule has 3 atom stereocenters. The van der Waals surface area contributed by atoms with Crippen molar-refractivity contribution < 1.29 is 14.3 Å². The van der Waals surface area contributed by atoms with Crippen molar-refractivity contribution in [2.45, 2.75) is 31.8 Å². The first-order valence-electron chi connectivity index (χ1n) is 8.39. The van der Waals surface area contributed by atoms with Crippen LogP contribution in [0.25, 0.3) is 0 Å². The van der Waals surface area contributed by atoms with Crippen LogP contribution >= 0.6 is 11.6 Å². The summed E-state index contributed by atoms with van der Waals surface area (Å²) in [5.41, 5.74) is 1.03. The van der Waals surface area contributed by atoms with Crippen LogP contribution in [0.3, 0.4) is 0 Å². The minimum atomic E-state index is 0.197. The number of fused-ring (bicyclic) bond motifs is 1. The molecule has 1 aliphatic heterocycles. The summed E-state index contributed by atoms with van der Waals surface area (Å²) < 4.78 is 10.7. The Hall–Kier alpha value is -1.46. The van der Waals surface area contributed by atoms with Crippen LogP contribution in [-0.2, 0) is 11.3 Å². The van der Waals surface area contributed by atoms with E-state index in [0.29, 0.717) is 40.8 Å². The Kier molecular flexibility index (Phi) is 5.21. The van der Waals surface area contributed by atoms with Gasteiger partial charge < -0.3 is 14.8 Å². The number of ether oxygens (including phenoxy) is 2. The zero-order valence-electron chi connectivity index (χ0n) is 14.5. The van der Waals surface area contributed by atoms with Crippen LogP contribution in [0.5, 0.6) is 11.5 Å². The molecule has 1 aromatic rings. The summed E-state index contributed by atoms with van der Waals surface area (Å²) in [6.07, 6.45) is 2.89. The number of carbonyl (C=O) groups excluding carboxylic acids is 1. The number of nitrogens with one attached hydrogen (secondary N) is 1. The lowest BCUT2D eigenvalue weighted by Crippen LogP contribution is -2.38. The molecule has 2 fully saturated rings. The highest BCUT2D eigenvalue weighted by atomic mass is 35.5. The van der Waals surface area contributed by atoms with E-state index in [1.165, 1.54) is 0 Å². The Morgan fingerprint density at radius 3 is 2.71 bits per heavy atom. The van der Waals surface area contributed by atoms with Crippen molar-refractivity contribution in [3.05, 3.63) is 22.7 Å². The maximum Gasteiger partial charge on any atom is 0.220 e. The summed E-state index contributed by atoms with van der Waals surface area (Å²) in [5.74, 6) is 2.55. The quantitative estimate of drug-likeness (QED) is 0.885. The maximum absolute atomic E-state index is 11.6. The maximum atomic E-state index is 11.6. The Bertz CT molecular complexity index is 623. The molecule has 24 heavy (non-hydrogen) atoms. The Morgan fingerprint density at radius 2 is 2.00 bits per heavy atom. The number of halogens is 1. The van der Waals surface area contributed by atoms with Crippen LogP contribution in [0.4, 0.5) is 0 Å². The number of piperidine rings is 1. The molecule has 0 spiro atoms. The number of nitrogens with zero attached hydrogens (tertiary/aromatic N) is 1. The fourth-order valence-electron chi connectivity index (χ4n) is 4.05. The fraction of sp³-hybridized carbons (Fsp3) is 0.611. The van der Waals surface area contributed by atoms with Crippen LogP contribution < -0.4 is 14.8 Å². The molecule has 1 saturated carbocycles. The molecule has 1 aromatic carbocycles. The number of methoxy groups -OCH3 is 2. The van der Waals surface area contributed by atoms with Gasteiger partial charge in [-0.25, -0.2) is 0 Å². The first-order valence-corrected chi connectivity index (χ1v) is 8.77. The number of amides is 1. The van der Waals surface area contributed by atoms with Gasteiger partial charge in [0.2, 0.25) is 5.91 Å². The van der Waals surface area contributed by atoms with Crippen LogP contribution in [0.1, 0.15) is 24.8 Å². The zero-order chi connectivity index (χ0) is 17.3. The molecular weight excluding hydrogens is 328 g/mol. The number of carbonyl (C=O) groups is 1. The lowest BCUT2D eigenvalue weighted by atomic mass is 9.89. The van der Waals surface area contributed by atoms with E-state index >= 15 is 0 Å². The first kappa shape index (κ1) is 17.4. The molecule has 6 heteroatoms. The van der Waals surface area contributed by atoms with Crippen molar-refractivity contribution >= 4 is 17.5 Å². The van der Waals surface area contributed by atoms with Gasteiger partial charge in [0.05, 0.1) is 19.2 Å². The summed E-state index contributed by atoms with van der Waals surface area (Å²) in [4.78, 5) is 13.9. The molecule has 1 aliphatic carbocycles. The Morgan fingerprint density at radius 1 is 1.25 bits per heavy atom. The summed E-state index contributed by atoms with van der Waals surface area (Å²) in [6, 6.07) is 4.37. The van der Waals surface area contributed by atoms with Crippen LogP contribution in [0.2, 0.25) is 5.02 Å². The highest BCUT2D eigenvalue weighted by molar-refractivity contribution is 6.33. The van der Waals surface area contributed by atoms with E-state index in [0.717, 1.165) is 31.5 Å². The summed E-state index contributed by atoms with van der Waals surface area (Å²) in [7, 11) is 5.34. The largest absolute Gasteiger partial charge is 0.493 e. The van der Waals surface area contributed by atoms with E-state index < -0.39 is 0 Å². The van der Waals surface area contributed by atoms with Gasteiger partial charge in [0.25, 0.3) is 0 Å². The highest BCUT2D eigenvalue weighted by Gasteiger charge is 2.39. The van der Waals surface area contributed by atoms with E-state index in [9.17, 15) is 4.79 Å². The lowest BCUT2D eigenvalue weighted by Gasteiger charge is -2.25. The second-order valence-electron chi connectivity index (χ2n) is 6.84. The van der Waals surface area contributed by atoms with E-state index in [1.54, 1.807) is 14.2 Å². The lowest BCUT2D eigenvalue weighted by molar-refractivity contribution is -0.124. The normalized spacial score (nSPS) is 26.2. The minimum absolute atomic E-state index is 0.197. The van der Waals surface area contributed by atoms with Crippen LogP contribution in [0, 0.1) is 11.8 Å². The standard InChI is InChI=1S/C18H25ClN2O3/c1-21(14-6-12-8-16(22)20-9-13(12)7-14)10-11-4-5-15(23-2)18(24-3)17(11)19/h4-5,12-14H,6-10H2,1-3H3,(H,20,22)/t12-,13+,14-/m1/s1. The predicted molar refractivity (Wildman–Crippen MR) is 93.7 cm³/mol. The van der Waals surface area contributed by atoms with Crippen LogP contribution in [0.15, 0.2) is 12.1 Å². The van der Waals surface area contributed by atoms with Gasteiger partial charge in [-0.05, 0) is 43.4 Å². The fourth-order valence-corrected chi connectivity index (χ4v) is 4.34. The molecule has 3 rings (SSSR count). The molecule has 1 N–H and O–H groups in total. The summed E-state index contributed by atoms with van der Waals surface area (Å²) in [5, 5.41) is 3.60. The van der Waals surface area contributed by atoms with Gasteiger partial charge in [0.15, 0.2) is 11.5 Å². The van der Waals surface area contributed by atoms with Crippen molar-refractivity contribution in [1.82, 2.24) is 10.2 Å². The predicted octanol–water partition coefficient (Wildman–Crippen LogP) is 2.70. The summed E-state index contributed by atoms with van der Waals surface area (Å²) >= 11 is 6.50. The van der Waals surface area contributed by atoms with Gasteiger partial charge in [0.1, 0.15) is 0 Å². The molecule has 0 bridgehead atoms. The van der Waals surface area contributed by atoms with Crippen molar-refractivity contribution in [1.29, 1.82) is 0 Å². The van der Waals surface area contributed by atoms with Crippen molar-refractivity contribution in [2.24, 2.45) is 11.8 Å². The third kappa shape index (κ3) is 3.33. The second-order valence-corrected chi connectivity index (χ2v) is 7.22. The van der Waals surface area contributed by atoms with Crippen LogP contribution in [-0.4, -0.2) is 44.7 Å². The molecule has 5 nitrogen and oxygen atoms in total. The monoisotopic (exact) mass is 352 g/mol. The number of hydrogen-bond donors (Lipinski definition) is 1. The van der Waals surface area contributed by atoms with E-state index in [-0.39, 0.29) is 5.91 Å². The van der Waals surface area contributed by atoms with Gasteiger partial charge in [-0.2, -0.15) is 0 Å². The molecular formula is C18H25ClN2O3. The van der Waals surface area contributed by atoms with Crippen molar-refractivity contribution in [3.63, 3.8) is 0 Å². The molecule has 0 aromatic heterocycles. The smallest absolute Gasteiger partial charge is 0.220 e. The molecule has 1 saturated heterocycles. The van der Waals surface area contributed by atoms with Crippen molar-refractivity contribution in [3.8, 4) is 11.5 Å². The Balaban J connectivity index is 1.69. The van der Waals surface area contributed by atoms with Gasteiger partial charge >= 0.3 is 0 Å². The number of hydrogen-bond acceptors (Lipinski definition) is 4. The molecule has 1 amide bonds. The third-order valence-electron chi connectivity index (χ3n) is 5.43. The van der Waals surface area contributed by atoms with Crippen molar-refractivity contribution in [2.75, 3.05) is 27.8 Å². The van der Waals surface area contributed by atoms with E-state index in [1.807, 2.05) is 12.1 Å². The van der Waals surface area contributed by atoms with Gasteiger partial charge in [-0.15, -0.1) is 0 Å². The average Bonchev–Trinajstić information content (AvgIpc) is 2.99. The molecule has 0 unspecified atom stereocenters. The Labute approximate surface area is 148 Å². The molecule has 1 heterocycles. The summed E-state index contributed by atoms with van der Waals surface area (Å²) in [6.45, 7) is 1.58. The minimum Gasteiger partial charge on any atom is -0.493 e. The third-order valence-corrected chi connectivity index (χ3v) is 5.85. The van der Waals surface area contributed by atoms with Gasteiger partial charge in [-0.1, -0.05) is 17.7 Å². The molecule has 2 aliphatic rings. The second kappa shape index (κ2) is 7.19. The van der Waals surface area contributed by atoms with Gasteiger partial charge in [-0.3, -0.25) is 9.69 Å². The average molecular weight is 353 g/mol. The first-order chi connectivity index (χ1) is 11.5. The molecule has 0 radical (unpaired) electrons. The number of benzene rings is 1. The van der Waals surface area contributed by atoms with E-state index in [2.05, 4.69) is 17.3 Å². The number of rotatable bonds is 5. The van der Waals surface area contributed by atoms with E-state index in [4.69, 9.17) is 21.1 Å². The topological polar surface area (TPSA) is 50.8 Å². The highest BCUT2D eigenvalue weighted by Crippen LogP contribution is 2.40. The zero-order valence-corrected chi connectivity index (χ0v) is 15.2. The van der Waals surface area contributed by atoms with Gasteiger partial charge in [0, 0.05) is 25.6 Å². The molecule has 132 valence electrons.